The molecule has 0 heterocycles. The van der Waals surface area contributed by atoms with Gasteiger partial charge in [-0.3, -0.25) is 0 Å². The van der Waals surface area contributed by atoms with Crippen molar-refractivity contribution in [1.29, 1.82) is 0 Å². The molecule has 0 atom stereocenters. The lowest BCUT2D eigenvalue weighted by Gasteiger charge is -1.97. The normalized spacial score (nSPS) is 10.8. The van der Waals surface area contributed by atoms with E-state index in [1.807, 2.05) is 12.1 Å². The zero-order chi connectivity index (χ0) is 11.8. The van der Waals surface area contributed by atoms with Gasteiger partial charge >= 0.3 is 0 Å². The minimum atomic E-state index is 1.09. The number of hydrogen-bond acceptors (Lipinski definition) is 0. The molecule has 1 radical (unpaired) electrons. The van der Waals surface area contributed by atoms with Gasteiger partial charge in [0.25, 0.3) is 0 Å². The van der Waals surface area contributed by atoms with E-state index in [4.69, 9.17) is 0 Å². The molecule has 17 heavy (non-hydrogen) atoms. The number of allylic oxidation sites excluding steroid dienone is 1. The van der Waals surface area contributed by atoms with E-state index < -0.39 is 0 Å². The molecular weight excluding hydrogens is 204 g/mol. The first-order valence-corrected chi connectivity index (χ1v) is 6.05. The molecule has 0 N–H and O–H groups in total. The van der Waals surface area contributed by atoms with Gasteiger partial charge in [-0.1, -0.05) is 72.8 Å². The maximum atomic E-state index is 2.27. The van der Waals surface area contributed by atoms with Crippen LogP contribution in [0.15, 0.2) is 66.7 Å². The summed E-state index contributed by atoms with van der Waals surface area (Å²) in [4.78, 5) is 0. The number of hydrogen-bond donors (Lipinski definition) is 0. The van der Waals surface area contributed by atoms with Crippen LogP contribution in [0.3, 0.4) is 0 Å². The second-order valence-electron chi connectivity index (χ2n) is 4.01. The van der Waals surface area contributed by atoms with Crippen LogP contribution in [0, 0.1) is 6.42 Å². The fourth-order valence-corrected chi connectivity index (χ4v) is 1.72. The molecule has 2 aromatic rings. The monoisotopic (exact) mass is 221 g/mol. The van der Waals surface area contributed by atoms with E-state index >= 15 is 0 Å². The van der Waals surface area contributed by atoms with E-state index in [0.717, 1.165) is 12.8 Å². The molecule has 0 amide bonds. The van der Waals surface area contributed by atoms with Gasteiger partial charge in [0.15, 0.2) is 0 Å². The highest BCUT2D eigenvalue weighted by atomic mass is 14.0. The molecule has 2 rings (SSSR count). The summed E-state index contributed by atoms with van der Waals surface area (Å²) in [7, 11) is 0. The minimum Gasteiger partial charge on any atom is -0.0839 e. The van der Waals surface area contributed by atoms with Crippen LogP contribution in [0.4, 0.5) is 0 Å². The molecule has 0 fully saturated rings. The van der Waals surface area contributed by atoms with Crippen LogP contribution in [0.5, 0.6) is 0 Å². The Morgan fingerprint density at radius 3 is 1.88 bits per heavy atom. The van der Waals surface area contributed by atoms with Crippen LogP contribution in [-0.2, 0) is 0 Å². The molecule has 0 aliphatic carbocycles. The smallest absolute Gasteiger partial charge is 0.00900 e. The summed E-state index contributed by atoms with van der Waals surface area (Å²) in [6.07, 6.45) is 8.86. The number of benzene rings is 2. The van der Waals surface area contributed by atoms with Gasteiger partial charge in [-0.25, -0.2) is 0 Å². The quantitative estimate of drug-likeness (QED) is 0.640. The van der Waals surface area contributed by atoms with E-state index in [1.165, 1.54) is 11.1 Å². The predicted molar refractivity (Wildman–Crippen MR) is 74.6 cm³/mol. The molecule has 0 saturated heterocycles. The lowest BCUT2D eigenvalue weighted by Crippen LogP contribution is -1.79. The molecule has 2 aromatic carbocycles. The average molecular weight is 221 g/mol. The minimum absolute atomic E-state index is 1.09. The molecular formula is C17H17. The summed E-state index contributed by atoms with van der Waals surface area (Å²) in [6, 6.07) is 20.9. The van der Waals surface area contributed by atoms with Crippen molar-refractivity contribution in [3.63, 3.8) is 0 Å². The van der Waals surface area contributed by atoms with Gasteiger partial charge in [-0.15, -0.1) is 0 Å². The molecule has 0 heteroatoms. The topological polar surface area (TPSA) is 0 Å². The third-order valence-electron chi connectivity index (χ3n) is 2.62. The Labute approximate surface area is 104 Å². The molecule has 0 aliphatic rings. The lowest BCUT2D eigenvalue weighted by atomic mass is 10.1. The third-order valence-corrected chi connectivity index (χ3v) is 2.62. The van der Waals surface area contributed by atoms with Crippen molar-refractivity contribution in [3.8, 4) is 0 Å². The first-order valence-electron chi connectivity index (χ1n) is 6.05. The van der Waals surface area contributed by atoms with E-state index in [1.54, 1.807) is 0 Å². The molecule has 0 aromatic heterocycles. The van der Waals surface area contributed by atoms with Crippen LogP contribution >= 0.6 is 0 Å². The fraction of sp³-hybridized carbons (Fsp3) is 0.118. The molecule has 0 spiro atoms. The zero-order valence-electron chi connectivity index (χ0n) is 9.92. The van der Waals surface area contributed by atoms with Crippen LogP contribution < -0.4 is 0 Å². The molecule has 0 bridgehead atoms. The Morgan fingerprint density at radius 1 is 0.647 bits per heavy atom. The van der Waals surface area contributed by atoms with Gasteiger partial charge in [-0.2, -0.15) is 0 Å². The van der Waals surface area contributed by atoms with Gasteiger partial charge in [0.1, 0.15) is 0 Å². The van der Waals surface area contributed by atoms with Crippen molar-refractivity contribution in [2.24, 2.45) is 0 Å². The summed E-state index contributed by atoms with van der Waals surface area (Å²) in [6.45, 7) is 0. The standard InChI is InChI=1S/C17H17/c1-4-10-16(11-5-1)14-8-3-9-15-17-12-6-2-7-13-17/h1-2,4-8,10-15H,3,9H2/b14-8+. The van der Waals surface area contributed by atoms with E-state index in [0.29, 0.717) is 0 Å². The number of rotatable bonds is 5. The van der Waals surface area contributed by atoms with Crippen molar-refractivity contribution in [2.75, 3.05) is 0 Å². The Bertz CT molecular complexity index is 440. The van der Waals surface area contributed by atoms with E-state index in [2.05, 4.69) is 67.1 Å². The highest BCUT2D eigenvalue weighted by Gasteiger charge is 1.90. The largest absolute Gasteiger partial charge is 0.0839 e. The summed E-state index contributed by atoms with van der Waals surface area (Å²) >= 11 is 0. The SMILES string of the molecule is [CH](CC/C=C/c1ccccc1)c1ccccc1. The Morgan fingerprint density at radius 2 is 1.24 bits per heavy atom. The van der Waals surface area contributed by atoms with Gasteiger partial charge in [0.05, 0.1) is 0 Å². The van der Waals surface area contributed by atoms with Crippen LogP contribution in [0.1, 0.15) is 24.0 Å². The zero-order valence-corrected chi connectivity index (χ0v) is 9.92. The summed E-state index contributed by atoms with van der Waals surface area (Å²) in [5.74, 6) is 0. The Kier molecular flexibility index (Phi) is 4.59. The van der Waals surface area contributed by atoms with Crippen molar-refractivity contribution in [1.82, 2.24) is 0 Å². The molecule has 0 nitrogen and oxygen atoms in total. The second kappa shape index (κ2) is 6.70. The highest BCUT2D eigenvalue weighted by molar-refractivity contribution is 5.48. The average Bonchev–Trinajstić information content (AvgIpc) is 2.41. The van der Waals surface area contributed by atoms with Gasteiger partial charge in [-0.05, 0) is 30.4 Å². The Hall–Kier alpha value is -1.82. The summed E-state index contributed by atoms with van der Waals surface area (Å²) < 4.78 is 0. The Balaban J connectivity index is 1.72. The van der Waals surface area contributed by atoms with Crippen LogP contribution in [0.25, 0.3) is 6.08 Å². The van der Waals surface area contributed by atoms with Crippen molar-refractivity contribution in [3.05, 3.63) is 84.3 Å². The summed E-state index contributed by atoms with van der Waals surface area (Å²) in [5, 5.41) is 0. The predicted octanol–water partition coefficient (Wildman–Crippen LogP) is 4.73. The first kappa shape index (κ1) is 11.7. The highest BCUT2D eigenvalue weighted by Crippen LogP contribution is 2.08. The van der Waals surface area contributed by atoms with E-state index in [9.17, 15) is 0 Å². The van der Waals surface area contributed by atoms with Crippen LogP contribution in [0.2, 0.25) is 0 Å². The molecule has 0 unspecified atom stereocenters. The number of unbranched alkanes of at least 4 members (excludes halogenated alkanes) is 1. The van der Waals surface area contributed by atoms with Crippen molar-refractivity contribution < 1.29 is 0 Å². The lowest BCUT2D eigenvalue weighted by molar-refractivity contribution is 0.994. The van der Waals surface area contributed by atoms with Gasteiger partial charge in [0, 0.05) is 0 Å². The molecule has 0 saturated carbocycles. The summed E-state index contributed by atoms with van der Waals surface area (Å²) in [5.41, 5.74) is 2.58. The molecule has 85 valence electrons. The van der Waals surface area contributed by atoms with E-state index in [-0.39, 0.29) is 0 Å². The van der Waals surface area contributed by atoms with Crippen molar-refractivity contribution >= 4 is 6.08 Å². The maximum absolute atomic E-state index is 2.27. The molecule has 0 aliphatic heterocycles. The van der Waals surface area contributed by atoms with Crippen molar-refractivity contribution in [2.45, 2.75) is 12.8 Å². The van der Waals surface area contributed by atoms with Crippen LogP contribution in [-0.4, -0.2) is 0 Å². The fourth-order valence-electron chi connectivity index (χ4n) is 1.72. The maximum Gasteiger partial charge on any atom is -0.00900 e. The first-order chi connectivity index (χ1) is 8.45. The second-order valence-corrected chi connectivity index (χ2v) is 4.01. The van der Waals surface area contributed by atoms with Gasteiger partial charge in [0.2, 0.25) is 0 Å². The van der Waals surface area contributed by atoms with Gasteiger partial charge < -0.3 is 0 Å². The third kappa shape index (κ3) is 4.28.